The average molecular weight is 334 g/mol. The van der Waals surface area contributed by atoms with E-state index in [0.717, 1.165) is 0 Å². The maximum absolute atomic E-state index is 12.1. The van der Waals surface area contributed by atoms with Gasteiger partial charge in [0.25, 0.3) is 0 Å². The number of amides is 1. The number of alkyl carbamates (subject to hydrolysis) is 1. The molecule has 2 atom stereocenters. The van der Waals surface area contributed by atoms with E-state index in [-0.39, 0.29) is 6.42 Å². The first-order chi connectivity index (χ1) is 10.2. The maximum atomic E-state index is 12.1. The van der Waals surface area contributed by atoms with E-state index >= 15 is 0 Å². The second-order valence-corrected chi connectivity index (χ2v) is 7.14. The number of hydrogen-bond donors (Lipinski definition) is 2. The normalized spacial score (nSPS) is 14.6. The predicted molar refractivity (Wildman–Crippen MR) is 81.5 cm³/mol. The van der Waals surface area contributed by atoms with Crippen LogP contribution >= 0.6 is 0 Å². The summed E-state index contributed by atoms with van der Waals surface area (Å²) in [5.74, 6) is -0.800. The van der Waals surface area contributed by atoms with Crippen LogP contribution in [0.3, 0.4) is 0 Å². The van der Waals surface area contributed by atoms with Crippen molar-refractivity contribution < 1.29 is 29.1 Å². The molecule has 0 heterocycles. The zero-order chi connectivity index (χ0) is 18.4. The first-order valence-corrected chi connectivity index (χ1v) is 7.22. The Balaban J connectivity index is 4.95. The molecule has 0 rings (SSSR count). The monoisotopic (exact) mass is 334 g/mol. The van der Waals surface area contributed by atoms with Crippen LogP contribution in [0.5, 0.6) is 0 Å². The van der Waals surface area contributed by atoms with Gasteiger partial charge in [0.15, 0.2) is 0 Å². The fourth-order valence-corrected chi connectivity index (χ4v) is 1.56. The minimum absolute atomic E-state index is 0.352. The number of carbonyl (C=O) groups is 2. The van der Waals surface area contributed by atoms with Gasteiger partial charge in [-0.3, -0.25) is 10.1 Å². The van der Waals surface area contributed by atoms with E-state index in [4.69, 9.17) is 9.47 Å². The summed E-state index contributed by atoms with van der Waals surface area (Å²) in [4.78, 5) is 33.6. The highest BCUT2D eigenvalue weighted by Crippen LogP contribution is 2.12. The molecule has 0 fully saturated rings. The molecule has 9 nitrogen and oxygen atoms in total. The van der Waals surface area contributed by atoms with Gasteiger partial charge in [-0.2, -0.15) is 0 Å². The van der Waals surface area contributed by atoms with Gasteiger partial charge in [0.1, 0.15) is 23.3 Å². The van der Waals surface area contributed by atoms with Crippen molar-refractivity contribution in [2.45, 2.75) is 71.3 Å². The van der Waals surface area contributed by atoms with Crippen LogP contribution in [-0.4, -0.2) is 52.0 Å². The summed E-state index contributed by atoms with van der Waals surface area (Å²) in [6, 6.07) is -1.25. The number of rotatable bonds is 6. The zero-order valence-corrected chi connectivity index (χ0v) is 14.4. The van der Waals surface area contributed by atoms with Crippen LogP contribution in [0.1, 0.15) is 48.0 Å². The van der Waals surface area contributed by atoms with Gasteiger partial charge in [0, 0.05) is 11.3 Å². The number of aliphatic hydroxyl groups excluding tert-OH is 1. The highest BCUT2D eigenvalue weighted by atomic mass is 16.6. The molecular weight excluding hydrogens is 308 g/mol. The molecule has 0 aliphatic rings. The lowest BCUT2D eigenvalue weighted by molar-refractivity contribution is -0.490. The SMILES string of the molecule is CC(C)(C)OC(=O)N[C@@H](C[C@H](O)C[N+](=O)[O-])C(=O)OC(C)(C)C. The first-order valence-electron chi connectivity index (χ1n) is 7.22. The van der Waals surface area contributed by atoms with Gasteiger partial charge in [0.2, 0.25) is 6.54 Å². The second kappa shape index (κ2) is 8.09. The lowest BCUT2D eigenvalue weighted by atomic mass is 10.1. The maximum Gasteiger partial charge on any atom is 0.408 e. The Morgan fingerprint density at radius 2 is 1.61 bits per heavy atom. The Kier molecular flexibility index (Phi) is 7.42. The van der Waals surface area contributed by atoms with Crippen LogP contribution in [0, 0.1) is 10.1 Å². The molecule has 0 aliphatic carbocycles. The smallest absolute Gasteiger partial charge is 0.408 e. The number of carbonyl (C=O) groups excluding carboxylic acids is 2. The molecule has 0 unspecified atom stereocenters. The Morgan fingerprint density at radius 1 is 1.13 bits per heavy atom. The molecule has 0 saturated carbocycles. The van der Waals surface area contributed by atoms with Crippen LogP contribution in [0.4, 0.5) is 4.79 Å². The third-order valence-corrected chi connectivity index (χ3v) is 2.25. The minimum Gasteiger partial charge on any atom is -0.458 e. The number of aliphatic hydroxyl groups is 1. The van der Waals surface area contributed by atoms with Crippen LogP contribution in [0.2, 0.25) is 0 Å². The van der Waals surface area contributed by atoms with Gasteiger partial charge in [-0.15, -0.1) is 0 Å². The molecule has 0 spiro atoms. The molecule has 0 aliphatic heterocycles. The van der Waals surface area contributed by atoms with Crippen LogP contribution < -0.4 is 5.32 Å². The molecule has 134 valence electrons. The number of nitro groups is 1. The molecule has 9 heteroatoms. The molecular formula is C14H26N2O7. The van der Waals surface area contributed by atoms with Crippen molar-refractivity contribution in [2.24, 2.45) is 0 Å². The molecule has 23 heavy (non-hydrogen) atoms. The van der Waals surface area contributed by atoms with Crippen molar-refractivity contribution >= 4 is 12.1 Å². The number of ether oxygens (including phenoxy) is 2. The minimum atomic E-state index is -1.41. The van der Waals surface area contributed by atoms with E-state index in [9.17, 15) is 24.8 Å². The summed E-state index contributed by atoms with van der Waals surface area (Å²) >= 11 is 0. The fourth-order valence-electron chi connectivity index (χ4n) is 1.56. The third-order valence-electron chi connectivity index (χ3n) is 2.25. The first kappa shape index (κ1) is 21.1. The Bertz CT molecular complexity index is 437. The van der Waals surface area contributed by atoms with Gasteiger partial charge in [-0.25, -0.2) is 9.59 Å². The highest BCUT2D eigenvalue weighted by Gasteiger charge is 2.31. The molecule has 0 bridgehead atoms. The Labute approximate surface area is 135 Å². The topological polar surface area (TPSA) is 128 Å². The van der Waals surface area contributed by atoms with E-state index in [1.165, 1.54) is 0 Å². The molecule has 0 aromatic heterocycles. The average Bonchev–Trinajstić information content (AvgIpc) is 2.21. The van der Waals surface area contributed by atoms with E-state index < -0.39 is 46.9 Å². The van der Waals surface area contributed by atoms with Crippen molar-refractivity contribution in [3.05, 3.63) is 10.1 Å². The molecule has 0 aromatic carbocycles. The fraction of sp³-hybridized carbons (Fsp3) is 0.857. The van der Waals surface area contributed by atoms with Crippen LogP contribution in [-0.2, 0) is 14.3 Å². The van der Waals surface area contributed by atoms with Crippen LogP contribution in [0.25, 0.3) is 0 Å². The molecule has 1 amide bonds. The molecule has 0 radical (unpaired) electrons. The third kappa shape index (κ3) is 11.3. The predicted octanol–water partition coefficient (Wildman–Crippen LogP) is 1.25. The summed E-state index contributed by atoms with van der Waals surface area (Å²) in [6.07, 6.45) is -2.63. The lowest BCUT2D eigenvalue weighted by Crippen LogP contribution is -2.48. The van der Waals surface area contributed by atoms with Gasteiger partial charge in [-0.1, -0.05) is 0 Å². The quantitative estimate of drug-likeness (QED) is 0.425. The van der Waals surface area contributed by atoms with E-state index in [1.807, 2.05) is 0 Å². The molecule has 0 saturated heterocycles. The summed E-state index contributed by atoms with van der Waals surface area (Å²) in [7, 11) is 0. The zero-order valence-electron chi connectivity index (χ0n) is 14.4. The van der Waals surface area contributed by atoms with E-state index in [2.05, 4.69) is 5.32 Å². The van der Waals surface area contributed by atoms with Crippen molar-refractivity contribution in [3.63, 3.8) is 0 Å². The largest absolute Gasteiger partial charge is 0.458 e. The summed E-state index contributed by atoms with van der Waals surface area (Å²) in [5.41, 5.74) is -1.58. The van der Waals surface area contributed by atoms with Crippen molar-refractivity contribution in [3.8, 4) is 0 Å². The standard InChI is InChI=1S/C14H26N2O7/c1-13(2,3)22-11(18)10(7-9(17)8-16(20)21)15-12(19)23-14(4,5)6/h9-10,17H,7-8H2,1-6H3,(H,15,19)/t9-,10-/m0/s1. The summed E-state index contributed by atoms with van der Waals surface area (Å²) in [5, 5.41) is 22.3. The van der Waals surface area contributed by atoms with Gasteiger partial charge in [0.05, 0.1) is 0 Å². The number of nitrogens with one attached hydrogen (secondary N) is 1. The van der Waals surface area contributed by atoms with Crippen molar-refractivity contribution in [1.29, 1.82) is 0 Å². The van der Waals surface area contributed by atoms with E-state index in [0.29, 0.717) is 0 Å². The van der Waals surface area contributed by atoms with Gasteiger partial charge < -0.3 is 19.9 Å². The van der Waals surface area contributed by atoms with Gasteiger partial charge in [-0.05, 0) is 41.5 Å². The van der Waals surface area contributed by atoms with Gasteiger partial charge >= 0.3 is 12.1 Å². The molecule has 2 N–H and O–H groups in total. The number of esters is 1. The number of nitrogens with zero attached hydrogens (tertiary/aromatic N) is 1. The summed E-state index contributed by atoms with van der Waals surface area (Å²) < 4.78 is 10.2. The molecule has 0 aromatic rings. The second-order valence-electron chi connectivity index (χ2n) is 7.14. The summed E-state index contributed by atoms with van der Waals surface area (Å²) in [6.45, 7) is 9.13. The highest BCUT2D eigenvalue weighted by molar-refractivity contribution is 5.81. The van der Waals surface area contributed by atoms with Crippen molar-refractivity contribution in [2.75, 3.05) is 6.54 Å². The lowest BCUT2D eigenvalue weighted by Gasteiger charge is -2.26. The Hall–Kier alpha value is -1.90. The Morgan fingerprint density at radius 3 is 2.00 bits per heavy atom. The number of hydrogen-bond acceptors (Lipinski definition) is 7. The van der Waals surface area contributed by atoms with E-state index in [1.54, 1.807) is 41.5 Å². The van der Waals surface area contributed by atoms with Crippen LogP contribution in [0.15, 0.2) is 0 Å². The van der Waals surface area contributed by atoms with Crippen molar-refractivity contribution in [1.82, 2.24) is 5.32 Å².